The molecule has 6 heteroatoms. The molecule has 1 unspecified atom stereocenters. The van der Waals surface area contributed by atoms with Gasteiger partial charge in [0.1, 0.15) is 0 Å². The first-order chi connectivity index (χ1) is 8.54. The van der Waals surface area contributed by atoms with E-state index in [-0.39, 0.29) is 5.97 Å². The summed E-state index contributed by atoms with van der Waals surface area (Å²) in [4.78, 5) is 16.7. The zero-order valence-corrected chi connectivity index (χ0v) is 12.5. The summed E-state index contributed by atoms with van der Waals surface area (Å²) in [5, 5.41) is 4.15. The van der Waals surface area contributed by atoms with Gasteiger partial charge in [0.15, 0.2) is 10.8 Å². The zero-order valence-electron chi connectivity index (χ0n) is 10.9. The van der Waals surface area contributed by atoms with Crippen molar-refractivity contribution in [2.75, 3.05) is 24.7 Å². The van der Waals surface area contributed by atoms with Gasteiger partial charge in [-0.3, -0.25) is 0 Å². The smallest absolute Gasteiger partial charge is 0.357 e. The van der Waals surface area contributed by atoms with Gasteiger partial charge >= 0.3 is 5.97 Å². The van der Waals surface area contributed by atoms with Crippen molar-refractivity contribution in [2.24, 2.45) is 0 Å². The molecule has 0 aliphatic carbocycles. The molecule has 1 aromatic rings. The first kappa shape index (κ1) is 13.7. The third-order valence-electron chi connectivity index (χ3n) is 3.09. The third-order valence-corrected chi connectivity index (χ3v) is 5.56. The number of nitrogens with zero attached hydrogens (tertiary/aromatic N) is 1. The number of hydrogen-bond acceptors (Lipinski definition) is 6. The molecule has 2 heterocycles. The summed E-state index contributed by atoms with van der Waals surface area (Å²) in [5.41, 5.74) is 0.425. The van der Waals surface area contributed by atoms with E-state index >= 15 is 0 Å². The van der Waals surface area contributed by atoms with Crippen molar-refractivity contribution in [3.8, 4) is 0 Å². The molecule has 2 rings (SSSR count). The van der Waals surface area contributed by atoms with Crippen molar-refractivity contribution in [1.82, 2.24) is 4.98 Å². The van der Waals surface area contributed by atoms with E-state index in [1.807, 2.05) is 18.7 Å². The number of nitrogens with one attached hydrogen (secondary N) is 1. The summed E-state index contributed by atoms with van der Waals surface area (Å²) in [6, 6.07) is 0. The Balaban J connectivity index is 2.00. The molecule has 1 aromatic heterocycles. The lowest BCUT2D eigenvalue weighted by Crippen LogP contribution is -2.27. The second kappa shape index (κ2) is 5.48. The number of ether oxygens (including phenoxy) is 1. The molecule has 0 radical (unpaired) electrons. The number of anilines is 1. The van der Waals surface area contributed by atoms with Crippen LogP contribution in [0.15, 0.2) is 0 Å². The van der Waals surface area contributed by atoms with Gasteiger partial charge in [0, 0.05) is 16.2 Å². The maximum atomic E-state index is 11.5. The molecule has 1 saturated heterocycles. The highest BCUT2D eigenvalue weighted by atomic mass is 32.2. The van der Waals surface area contributed by atoms with Crippen LogP contribution in [0.3, 0.4) is 0 Å². The van der Waals surface area contributed by atoms with Gasteiger partial charge in [0.2, 0.25) is 0 Å². The number of methoxy groups -OCH3 is 1. The second-order valence-corrected chi connectivity index (χ2v) is 7.56. The first-order valence-corrected chi connectivity index (χ1v) is 7.78. The monoisotopic (exact) mass is 286 g/mol. The van der Waals surface area contributed by atoms with Crippen LogP contribution in [0, 0.1) is 6.92 Å². The van der Waals surface area contributed by atoms with Crippen molar-refractivity contribution in [1.29, 1.82) is 0 Å². The number of rotatable bonds is 4. The highest BCUT2D eigenvalue weighted by molar-refractivity contribution is 8.00. The SMILES string of the molecule is COC(=O)c1nc(NCC2(C)CCCS2)sc1C. The molecular formula is C12H18N2O2S2. The lowest BCUT2D eigenvalue weighted by molar-refractivity contribution is 0.0594. The van der Waals surface area contributed by atoms with Gasteiger partial charge in [-0.1, -0.05) is 0 Å². The van der Waals surface area contributed by atoms with Crippen LogP contribution in [0.5, 0.6) is 0 Å². The van der Waals surface area contributed by atoms with Crippen molar-refractivity contribution >= 4 is 34.2 Å². The minimum Gasteiger partial charge on any atom is -0.464 e. The lowest BCUT2D eigenvalue weighted by atomic mass is 10.1. The fourth-order valence-electron chi connectivity index (χ4n) is 2.00. The Morgan fingerprint density at radius 2 is 2.39 bits per heavy atom. The summed E-state index contributed by atoms with van der Waals surface area (Å²) in [5.74, 6) is 0.876. The maximum absolute atomic E-state index is 11.5. The van der Waals surface area contributed by atoms with E-state index < -0.39 is 0 Å². The standard InChI is InChI=1S/C12H18N2O2S2/c1-8-9(10(15)16-3)14-11(18-8)13-7-12(2)5-4-6-17-12/h4-7H2,1-3H3,(H,13,14). The van der Waals surface area contributed by atoms with Crippen LogP contribution in [0.25, 0.3) is 0 Å². The minimum absolute atomic E-state index is 0.297. The number of thiazole rings is 1. The maximum Gasteiger partial charge on any atom is 0.357 e. The number of esters is 1. The normalized spacial score (nSPS) is 23.1. The molecule has 4 nitrogen and oxygen atoms in total. The summed E-state index contributed by atoms with van der Waals surface area (Å²) in [7, 11) is 1.38. The molecule has 0 saturated carbocycles. The fraction of sp³-hybridized carbons (Fsp3) is 0.667. The Morgan fingerprint density at radius 1 is 1.61 bits per heavy atom. The van der Waals surface area contributed by atoms with Crippen LogP contribution < -0.4 is 5.32 Å². The predicted octanol–water partition coefficient (Wildman–Crippen LogP) is 2.94. The molecule has 0 aromatic carbocycles. The molecule has 0 spiro atoms. The fourth-order valence-corrected chi connectivity index (χ4v) is 4.04. The van der Waals surface area contributed by atoms with Crippen molar-refractivity contribution in [3.05, 3.63) is 10.6 Å². The highest BCUT2D eigenvalue weighted by Crippen LogP contribution is 2.38. The minimum atomic E-state index is -0.363. The molecule has 1 aliphatic heterocycles. The predicted molar refractivity (Wildman–Crippen MR) is 76.8 cm³/mol. The first-order valence-electron chi connectivity index (χ1n) is 5.98. The van der Waals surface area contributed by atoms with E-state index in [1.165, 1.54) is 37.0 Å². The largest absolute Gasteiger partial charge is 0.464 e. The van der Waals surface area contributed by atoms with E-state index in [1.54, 1.807) is 0 Å². The number of thioether (sulfide) groups is 1. The molecule has 0 amide bonds. The van der Waals surface area contributed by atoms with E-state index in [2.05, 4.69) is 17.2 Å². The zero-order chi connectivity index (χ0) is 13.2. The molecule has 0 bridgehead atoms. The molecular weight excluding hydrogens is 268 g/mol. The van der Waals surface area contributed by atoms with Crippen molar-refractivity contribution in [3.63, 3.8) is 0 Å². The lowest BCUT2D eigenvalue weighted by Gasteiger charge is -2.22. The Hall–Kier alpha value is -0.750. The molecule has 100 valence electrons. The van der Waals surface area contributed by atoms with Crippen LogP contribution in [0.1, 0.15) is 35.1 Å². The third kappa shape index (κ3) is 2.98. The Morgan fingerprint density at radius 3 is 3.00 bits per heavy atom. The van der Waals surface area contributed by atoms with E-state index in [0.717, 1.165) is 16.6 Å². The summed E-state index contributed by atoms with van der Waals surface area (Å²) in [6.45, 7) is 5.06. The summed E-state index contributed by atoms with van der Waals surface area (Å²) in [6.07, 6.45) is 2.52. The van der Waals surface area contributed by atoms with E-state index in [4.69, 9.17) is 4.74 Å². The molecule has 1 atom stereocenters. The van der Waals surface area contributed by atoms with Crippen LogP contribution in [-0.4, -0.2) is 35.1 Å². The van der Waals surface area contributed by atoms with Gasteiger partial charge in [0.25, 0.3) is 0 Å². The number of hydrogen-bond donors (Lipinski definition) is 1. The number of carbonyl (C=O) groups excluding carboxylic acids is 1. The van der Waals surface area contributed by atoms with Crippen LogP contribution in [0.4, 0.5) is 5.13 Å². The van der Waals surface area contributed by atoms with Gasteiger partial charge in [-0.25, -0.2) is 9.78 Å². The number of aryl methyl sites for hydroxylation is 1. The van der Waals surface area contributed by atoms with Gasteiger partial charge in [0.05, 0.1) is 7.11 Å². The summed E-state index contributed by atoms with van der Waals surface area (Å²) < 4.78 is 5.00. The summed E-state index contributed by atoms with van der Waals surface area (Å²) >= 11 is 3.52. The molecule has 1 fully saturated rings. The molecule has 18 heavy (non-hydrogen) atoms. The number of carbonyl (C=O) groups is 1. The van der Waals surface area contributed by atoms with Crippen LogP contribution >= 0.6 is 23.1 Å². The second-order valence-electron chi connectivity index (χ2n) is 4.67. The highest BCUT2D eigenvalue weighted by Gasteiger charge is 2.29. The van der Waals surface area contributed by atoms with Gasteiger partial charge < -0.3 is 10.1 Å². The van der Waals surface area contributed by atoms with Crippen LogP contribution in [0.2, 0.25) is 0 Å². The van der Waals surface area contributed by atoms with E-state index in [9.17, 15) is 4.79 Å². The Bertz CT molecular complexity index is 439. The Kier molecular flexibility index (Phi) is 4.17. The van der Waals surface area contributed by atoms with Crippen LogP contribution in [-0.2, 0) is 4.74 Å². The van der Waals surface area contributed by atoms with Gasteiger partial charge in [-0.2, -0.15) is 11.8 Å². The quantitative estimate of drug-likeness (QED) is 0.862. The number of aromatic nitrogens is 1. The average molecular weight is 286 g/mol. The Labute approximate surface area is 116 Å². The molecule has 1 aliphatic rings. The van der Waals surface area contributed by atoms with E-state index in [0.29, 0.717) is 10.4 Å². The topological polar surface area (TPSA) is 51.2 Å². The molecule has 1 N–H and O–H groups in total. The van der Waals surface area contributed by atoms with Gasteiger partial charge in [-0.05, 0) is 32.4 Å². The van der Waals surface area contributed by atoms with Gasteiger partial charge in [-0.15, -0.1) is 11.3 Å². The average Bonchev–Trinajstić information content (AvgIpc) is 2.93. The van der Waals surface area contributed by atoms with Crippen molar-refractivity contribution in [2.45, 2.75) is 31.4 Å². The van der Waals surface area contributed by atoms with Crippen molar-refractivity contribution < 1.29 is 9.53 Å².